The molecule has 4 amide bonds. The van der Waals surface area contributed by atoms with Gasteiger partial charge in [0, 0.05) is 19.0 Å². The second-order valence-electron chi connectivity index (χ2n) is 7.38. The summed E-state index contributed by atoms with van der Waals surface area (Å²) in [6.07, 6.45) is 3.68. The standard InChI is InChI=1S/C18H22N4O5S/c23-16-11-22(18(25)19-16)20-17(24)13-6-8-21(9-7-13)28(26,27)15-5-4-12-2-1-3-14(12)10-15/h4-5,10,13H,1-3,6-9,11H2,(H,20,24)(H,19,23,25). The third-order valence-corrected chi connectivity index (χ3v) is 7.47. The Hall–Kier alpha value is -2.46. The van der Waals surface area contributed by atoms with Crippen LogP contribution in [0, 0.1) is 5.92 Å². The number of hydrazine groups is 1. The summed E-state index contributed by atoms with van der Waals surface area (Å²) in [5.41, 5.74) is 4.76. The fourth-order valence-electron chi connectivity index (χ4n) is 3.97. The molecule has 1 aromatic carbocycles. The minimum absolute atomic E-state index is 0.212. The zero-order valence-electron chi connectivity index (χ0n) is 15.3. The van der Waals surface area contributed by atoms with Crippen LogP contribution in [-0.2, 0) is 32.5 Å². The molecule has 0 spiro atoms. The average molecular weight is 406 g/mol. The first kappa shape index (κ1) is 18.9. The number of nitrogens with zero attached hydrogens (tertiary/aromatic N) is 2. The van der Waals surface area contributed by atoms with Gasteiger partial charge in [0.1, 0.15) is 6.54 Å². The van der Waals surface area contributed by atoms with Crippen LogP contribution in [-0.4, -0.2) is 55.2 Å². The van der Waals surface area contributed by atoms with Crippen molar-refractivity contribution in [2.24, 2.45) is 5.92 Å². The molecule has 10 heteroatoms. The molecular formula is C18H22N4O5S. The molecule has 1 aromatic rings. The van der Waals surface area contributed by atoms with E-state index in [2.05, 4.69) is 10.7 Å². The van der Waals surface area contributed by atoms with Crippen molar-refractivity contribution < 1.29 is 22.8 Å². The van der Waals surface area contributed by atoms with E-state index in [0.717, 1.165) is 29.8 Å². The van der Waals surface area contributed by atoms with Crippen LogP contribution in [0.5, 0.6) is 0 Å². The predicted molar refractivity (Wildman–Crippen MR) is 98.3 cm³/mol. The number of urea groups is 1. The Morgan fingerprint density at radius 3 is 2.50 bits per heavy atom. The van der Waals surface area contributed by atoms with E-state index in [1.165, 1.54) is 9.87 Å². The van der Waals surface area contributed by atoms with E-state index < -0.39 is 27.9 Å². The summed E-state index contributed by atoms with van der Waals surface area (Å²) in [4.78, 5) is 35.4. The van der Waals surface area contributed by atoms with E-state index >= 15 is 0 Å². The lowest BCUT2D eigenvalue weighted by molar-refractivity contribution is -0.130. The number of hydrogen-bond donors (Lipinski definition) is 2. The van der Waals surface area contributed by atoms with Gasteiger partial charge in [0.05, 0.1) is 4.90 Å². The lowest BCUT2D eigenvalue weighted by Gasteiger charge is -2.31. The van der Waals surface area contributed by atoms with E-state index in [-0.39, 0.29) is 25.5 Å². The Morgan fingerprint density at radius 2 is 1.82 bits per heavy atom. The first-order valence-corrected chi connectivity index (χ1v) is 10.8. The molecule has 2 N–H and O–H groups in total. The summed E-state index contributed by atoms with van der Waals surface area (Å²) < 4.78 is 27.3. The first-order valence-electron chi connectivity index (χ1n) is 9.38. The lowest BCUT2D eigenvalue weighted by atomic mass is 9.97. The van der Waals surface area contributed by atoms with Crippen molar-refractivity contribution in [3.8, 4) is 0 Å². The second-order valence-corrected chi connectivity index (χ2v) is 9.32. The quantitative estimate of drug-likeness (QED) is 0.691. The molecule has 2 saturated heterocycles. The van der Waals surface area contributed by atoms with Crippen molar-refractivity contribution in [2.75, 3.05) is 19.6 Å². The van der Waals surface area contributed by atoms with Gasteiger partial charge in [0.15, 0.2) is 0 Å². The summed E-state index contributed by atoms with van der Waals surface area (Å²) in [5.74, 6) is -1.25. The molecule has 0 bridgehead atoms. The Labute approximate surface area is 163 Å². The van der Waals surface area contributed by atoms with Crippen molar-refractivity contribution >= 4 is 27.9 Å². The first-order chi connectivity index (χ1) is 13.3. The Kier molecular flexibility index (Phi) is 4.84. The molecule has 2 fully saturated rings. The highest BCUT2D eigenvalue weighted by Gasteiger charge is 2.35. The smallest absolute Gasteiger partial charge is 0.275 e. The number of nitrogens with one attached hydrogen (secondary N) is 2. The highest BCUT2D eigenvalue weighted by molar-refractivity contribution is 7.89. The van der Waals surface area contributed by atoms with Gasteiger partial charge in [-0.2, -0.15) is 4.31 Å². The number of hydrogen-bond acceptors (Lipinski definition) is 5. The third-order valence-electron chi connectivity index (χ3n) is 5.57. The van der Waals surface area contributed by atoms with E-state index in [4.69, 9.17) is 0 Å². The van der Waals surface area contributed by atoms with Gasteiger partial charge in [-0.3, -0.25) is 20.3 Å². The van der Waals surface area contributed by atoms with Crippen molar-refractivity contribution in [3.63, 3.8) is 0 Å². The minimum Gasteiger partial charge on any atom is -0.275 e. The molecule has 1 aliphatic carbocycles. The zero-order valence-corrected chi connectivity index (χ0v) is 16.1. The Balaban J connectivity index is 1.37. The zero-order chi connectivity index (χ0) is 19.9. The third kappa shape index (κ3) is 3.49. The molecular weight excluding hydrogens is 384 g/mol. The number of benzene rings is 1. The molecule has 9 nitrogen and oxygen atoms in total. The number of rotatable bonds is 4. The SMILES string of the molecule is O=C1CN(NC(=O)C2CCN(S(=O)(=O)c3ccc4c(c3)CCC4)CC2)C(=O)N1. The normalized spacial score (nSPS) is 20.9. The number of sulfonamides is 1. The number of amides is 4. The average Bonchev–Trinajstić information content (AvgIpc) is 3.27. The van der Waals surface area contributed by atoms with Gasteiger partial charge >= 0.3 is 6.03 Å². The van der Waals surface area contributed by atoms with Crippen LogP contribution in [0.2, 0.25) is 0 Å². The largest absolute Gasteiger partial charge is 0.343 e. The van der Waals surface area contributed by atoms with Gasteiger partial charge in [-0.15, -0.1) is 0 Å². The van der Waals surface area contributed by atoms with Gasteiger partial charge < -0.3 is 0 Å². The highest BCUT2D eigenvalue weighted by Crippen LogP contribution is 2.28. The number of carbonyl (C=O) groups excluding carboxylic acids is 3. The predicted octanol–water partition coefficient (Wildman–Crippen LogP) is 0.159. The van der Waals surface area contributed by atoms with Crippen LogP contribution in [0.3, 0.4) is 0 Å². The van der Waals surface area contributed by atoms with Crippen LogP contribution in [0.1, 0.15) is 30.4 Å². The van der Waals surface area contributed by atoms with E-state index in [9.17, 15) is 22.8 Å². The summed E-state index contributed by atoms with van der Waals surface area (Å²) in [7, 11) is -3.59. The topological polar surface area (TPSA) is 116 Å². The number of piperidine rings is 1. The molecule has 2 aliphatic heterocycles. The van der Waals surface area contributed by atoms with Crippen molar-refractivity contribution in [2.45, 2.75) is 37.0 Å². The van der Waals surface area contributed by atoms with Crippen molar-refractivity contribution in [1.29, 1.82) is 0 Å². The molecule has 28 heavy (non-hydrogen) atoms. The maximum Gasteiger partial charge on any atom is 0.343 e. The molecule has 3 aliphatic rings. The maximum absolute atomic E-state index is 12.9. The number of imide groups is 1. The van der Waals surface area contributed by atoms with Gasteiger partial charge in [-0.25, -0.2) is 18.2 Å². The summed E-state index contributed by atoms with van der Waals surface area (Å²) in [6, 6.07) is 4.69. The summed E-state index contributed by atoms with van der Waals surface area (Å²) in [5, 5.41) is 3.03. The maximum atomic E-state index is 12.9. The van der Waals surface area contributed by atoms with Crippen molar-refractivity contribution in [3.05, 3.63) is 29.3 Å². The summed E-state index contributed by atoms with van der Waals surface area (Å²) in [6.45, 7) is 0.265. The van der Waals surface area contributed by atoms with Crippen LogP contribution in [0.25, 0.3) is 0 Å². The van der Waals surface area contributed by atoms with Gasteiger partial charge in [0.2, 0.25) is 21.8 Å². The van der Waals surface area contributed by atoms with Gasteiger partial charge in [0.25, 0.3) is 0 Å². The van der Waals surface area contributed by atoms with Crippen molar-refractivity contribution in [1.82, 2.24) is 20.1 Å². The number of carbonyl (C=O) groups is 3. The monoisotopic (exact) mass is 406 g/mol. The van der Waals surface area contributed by atoms with Gasteiger partial charge in [-0.05, 0) is 55.4 Å². The molecule has 0 unspecified atom stereocenters. The van der Waals surface area contributed by atoms with Crippen LogP contribution in [0.15, 0.2) is 23.1 Å². The molecule has 0 aromatic heterocycles. The number of aryl methyl sites for hydroxylation is 2. The molecule has 0 radical (unpaired) electrons. The van der Waals surface area contributed by atoms with Crippen LogP contribution in [0.4, 0.5) is 4.79 Å². The molecule has 0 saturated carbocycles. The van der Waals surface area contributed by atoms with Crippen LogP contribution >= 0.6 is 0 Å². The molecule has 2 heterocycles. The fourth-order valence-corrected chi connectivity index (χ4v) is 5.49. The van der Waals surface area contributed by atoms with E-state index in [1.807, 2.05) is 6.07 Å². The Morgan fingerprint density at radius 1 is 1.11 bits per heavy atom. The molecule has 150 valence electrons. The summed E-state index contributed by atoms with van der Waals surface area (Å²) >= 11 is 0. The van der Waals surface area contributed by atoms with Gasteiger partial charge in [-0.1, -0.05) is 6.07 Å². The van der Waals surface area contributed by atoms with E-state index in [0.29, 0.717) is 17.7 Å². The molecule has 0 atom stereocenters. The highest BCUT2D eigenvalue weighted by atomic mass is 32.2. The number of fused-ring (bicyclic) bond motifs is 1. The van der Waals surface area contributed by atoms with E-state index in [1.54, 1.807) is 12.1 Å². The van der Waals surface area contributed by atoms with Crippen LogP contribution < -0.4 is 10.7 Å². The Bertz CT molecular complexity index is 937. The molecule has 4 rings (SSSR count). The lowest BCUT2D eigenvalue weighted by Crippen LogP contribution is -2.49. The second kappa shape index (κ2) is 7.17. The fraction of sp³-hybridized carbons (Fsp3) is 0.500. The minimum atomic E-state index is -3.59.